The van der Waals surface area contributed by atoms with E-state index >= 15 is 0 Å². The molecule has 6 N–H and O–H groups in total. The van der Waals surface area contributed by atoms with Crippen molar-refractivity contribution in [2.45, 2.75) is 43.4 Å². The van der Waals surface area contributed by atoms with Crippen molar-refractivity contribution in [3.63, 3.8) is 0 Å². The number of rotatable bonds is 8. The van der Waals surface area contributed by atoms with Crippen molar-refractivity contribution in [2.24, 2.45) is 11.8 Å². The van der Waals surface area contributed by atoms with Crippen LogP contribution in [0.2, 0.25) is 0 Å². The van der Waals surface area contributed by atoms with Gasteiger partial charge in [0.05, 0.1) is 24.4 Å². The largest absolute Gasteiger partial charge is 0.508 e. The smallest absolute Gasteiger partial charge is 0.335 e. The van der Waals surface area contributed by atoms with Gasteiger partial charge in [0, 0.05) is 12.0 Å². The number of phenols is 1. The van der Waals surface area contributed by atoms with Crippen LogP contribution in [0.5, 0.6) is 5.75 Å². The summed E-state index contributed by atoms with van der Waals surface area (Å²) in [6.45, 7) is -0.838. The van der Waals surface area contributed by atoms with Gasteiger partial charge in [0.2, 0.25) is 6.29 Å². The van der Waals surface area contributed by atoms with Gasteiger partial charge in [0.15, 0.2) is 6.29 Å². The molecule has 2 heterocycles. The molecule has 0 bridgehead atoms. The molecule has 1 aromatic rings. The summed E-state index contributed by atoms with van der Waals surface area (Å²) in [5.74, 6) is -3.08. The van der Waals surface area contributed by atoms with Crippen LogP contribution >= 0.6 is 0 Å². The van der Waals surface area contributed by atoms with Crippen LogP contribution in [0, 0.1) is 11.8 Å². The van der Waals surface area contributed by atoms with Crippen LogP contribution in [0.15, 0.2) is 53.8 Å². The van der Waals surface area contributed by atoms with E-state index in [1.54, 1.807) is 18.2 Å². The van der Waals surface area contributed by atoms with E-state index in [2.05, 4.69) is 0 Å². The third-order valence-corrected chi connectivity index (χ3v) is 6.58. The molecule has 2 aliphatic heterocycles. The molecule has 8 atom stereocenters. The van der Waals surface area contributed by atoms with E-state index in [0.717, 1.165) is 12.3 Å². The summed E-state index contributed by atoms with van der Waals surface area (Å²) in [5, 5.41) is 59.6. The zero-order chi connectivity index (χ0) is 26.7. The fraction of sp³-hybridized carbons (Fsp3) is 0.440. The zero-order valence-corrected chi connectivity index (χ0v) is 19.5. The maximum absolute atomic E-state index is 12.1. The summed E-state index contributed by atoms with van der Waals surface area (Å²) in [5.41, 5.74) is 1.14. The first kappa shape index (κ1) is 26.8. The third kappa shape index (κ3) is 5.85. The summed E-state index contributed by atoms with van der Waals surface area (Å²) in [4.78, 5) is 23.7. The number of phenolic OH excluding ortho intramolecular Hbond substituents is 1. The highest BCUT2D eigenvalue weighted by atomic mass is 16.8. The molecule has 1 aliphatic carbocycles. The van der Waals surface area contributed by atoms with Gasteiger partial charge in [-0.1, -0.05) is 18.2 Å². The van der Waals surface area contributed by atoms with Crippen molar-refractivity contribution in [1.29, 1.82) is 0 Å². The van der Waals surface area contributed by atoms with E-state index in [0.29, 0.717) is 17.6 Å². The number of allylic oxidation sites excluding steroid dienone is 1. The second kappa shape index (κ2) is 11.4. The molecule has 4 rings (SSSR count). The number of carbonyl (C=O) groups excluding carboxylic acids is 1. The first-order valence-corrected chi connectivity index (χ1v) is 11.6. The first-order chi connectivity index (χ1) is 17.7. The Kier molecular flexibility index (Phi) is 8.27. The number of carboxylic acids is 1. The molecular weight excluding hydrogens is 492 g/mol. The number of benzene rings is 1. The fourth-order valence-electron chi connectivity index (χ4n) is 4.57. The second-order valence-electron chi connectivity index (χ2n) is 8.89. The number of aliphatic hydroxyl groups excluding tert-OH is 4. The van der Waals surface area contributed by atoms with Crippen molar-refractivity contribution >= 4 is 18.0 Å². The summed E-state index contributed by atoms with van der Waals surface area (Å²) < 4.78 is 21.9. The van der Waals surface area contributed by atoms with Crippen LogP contribution < -0.4 is 0 Å². The maximum atomic E-state index is 12.1. The van der Waals surface area contributed by atoms with E-state index in [1.165, 1.54) is 18.2 Å². The van der Waals surface area contributed by atoms with E-state index in [4.69, 9.17) is 18.9 Å². The van der Waals surface area contributed by atoms with Gasteiger partial charge >= 0.3 is 11.9 Å². The number of fused-ring (bicyclic) bond motifs is 1. The number of ether oxygens (including phenoxy) is 4. The quantitative estimate of drug-likeness (QED) is 0.149. The van der Waals surface area contributed by atoms with Crippen LogP contribution in [0.25, 0.3) is 6.08 Å². The molecule has 0 saturated carbocycles. The molecule has 200 valence electrons. The third-order valence-electron chi connectivity index (χ3n) is 6.58. The van der Waals surface area contributed by atoms with Crippen LogP contribution in [-0.4, -0.2) is 92.8 Å². The van der Waals surface area contributed by atoms with E-state index in [-0.39, 0.29) is 17.9 Å². The number of carbonyl (C=O) groups is 2. The molecule has 0 radical (unpaired) electrons. The molecule has 12 nitrogen and oxygen atoms in total. The molecule has 1 aromatic carbocycles. The minimum atomic E-state index is -1.71. The Labute approximate surface area is 211 Å². The molecular formula is C25H28O12. The van der Waals surface area contributed by atoms with Crippen LogP contribution in [-0.2, 0) is 28.5 Å². The van der Waals surface area contributed by atoms with Gasteiger partial charge in [-0.05, 0) is 35.8 Å². The predicted octanol–water partition coefficient (Wildman–Crippen LogP) is -0.348. The highest BCUT2D eigenvalue weighted by molar-refractivity contribution is 5.87. The van der Waals surface area contributed by atoms with E-state index in [9.17, 15) is 40.2 Å². The fourth-order valence-corrected chi connectivity index (χ4v) is 4.57. The minimum absolute atomic E-state index is 0.00951. The molecule has 1 fully saturated rings. The highest BCUT2D eigenvalue weighted by Gasteiger charge is 2.49. The van der Waals surface area contributed by atoms with Crippen molar-refractivity contribution in [3.8, 4) is 5.75 Å². The van der Waals surface area contributed by atoms with Crippen molar-refractivity contribution < 1.29 is 59.2 Å². The number of aromatic hydroxyl groups is 1. The lowest BCUT2D eigenvalue weighted by molar-refractivity contribution is -0.339. The minimum Gasteiger partial charge on any atom is -0.508 e. The monoisotopic (exact) mass is 520 g/mol. The number of hydrogen-bond acceptors (Lipinski definition) is 11. The first-order valence-electron chi connectivity index (χ1n) is 11.6. The van der Waals surface area contributed by atoms with Crippen LogP contribution in [0.3, 0.4) is 0 Å². The second-order valence-corrected chi connectivity index (χ2v) is 8.89. The van der Waals surface area contributed by atoms with Gasteiger partial charge in [0.25, 0.3) is 0 Å². The van der Waals surface area contributed by atoms with E-state index < -0.39 is 67.4 Å². The van der Waals surface area contributed by atoms with Crippen LogP contribution in [0.4, 0.5) is 0 Å². The van der Waals surface area contributed by atoms with Crippen molar-refractivity contribution in [1.82, 2.24) is 0 Å². The Morgan fingerprint density at radius 1 is 1.05 bits per heavy atom. The summed E-state index contributed by atoms with van der Waals surface area (Å²) in [6.07, 6.45) is -3.31. The predicted molar refractivity (Wildman–Crippen MR) is 123 cm³/mol. The van der Waals surface area contributed by atoms with Gasteiger partial charge < -0.3 is 49.6 Å². The molecule has 0 spiro atoms. The van der Waals surface area contributed by atoms with Crippen molar-refractivity contribution in [3.05, 3.63) is 59.4 Å². The molecule has 0 unspecified atom stereocenters. The molecule has 0 amide bonds. The summed E-state index contributed by atoms with van der Waals surface area (Å²) in [7, 11) is 0. The van der Waals surface area contributed by atoms with Crippen LogP contribution in [0.1, 0.15) is 12.0 Å². The molecule has 0 aromatic heterocycles. The lowest BCUT2D eigenvalue weighted by Gasteiger charge is -2.43. The topological polar surface area (TPSA) is 192 Å². The number of aliphatic hydroxyl groups is 4. The summed E-state index contributed by atoms with van der Waals surface area (Å²) >= 11 is 0. The number of esters is 1. The Hall–Kier alpha value is -3.26. The summed E-state index contributed by atoms with van der Waals surface area (Å²) in [6, 6.07) is 6.07. The van der Waals surface area contributed by atoms with Gasteiger partial charge in [-0.2, -0.15) is 0 Å². The Balaban J connectivity index is 1.40. The average Bonchev–Trinajstić information content (AvgIpc) is 3.32. The Morgan fingerprint density at radius 3 is 2.46 bits per heavy atom. The average molecular weight is 520 g/mol. The standard InChI is InChI=1S/C25H28O12/c26-9-13-4-7-15-16(23(32)33)10-35-24(19(13)15)37-25-22(31)21(30)20(29)17(36-25)11-34-18(28)8-3-12-1-5-14(27)6-2-12/h1-6,8,10,15,17,19-22,24-27,29-31H,7,9,11H2,(H,32,33)/t15-,17-,19+,20+,21-,22+,24+,25-/m0/s1. The number of aliphatic carboxylic acids is 1. The molecule has 37 heavy (non-hydrogen) atoms. The maximum Gasteiger partial charge on any atom is 0.335 e. The van der Waals surface area contributed by atoms with E-state index in [1.807, 2.05) is 0 Å². The van der Waals surface area contributed by atoms with Gasteiger partial charge in [-0.25, -0.2) is 9.59 Å². The Morgan fingerprint density at radius 2 is 1.78 bits per heavy atom. The van der Waals surface area contributed by atoms with Crippen molar-refractivity contribution in [2.75, 3.05) is 13.2 Å². The molecule has 3 aliphatic rings. The Bertz CT molecular complexity index is 1080. The molecule has 12 heteroatoms. The lowest BCUT2D eigenvalue weighted by atomic mass is 9.83. The van der Waals surface area contributed by atoms with Gasteiger partial charge in [-0.15, -0.1) is 0 Å². The van der Waals surface area contributed by atoms with Gasteiger partial charge in [-0.3, -0.25) is 0 Å². The van der Waals surface area contributed by atoms with Gasteiger partial charge in [0.1, 0.15) is 36.8 Å². The number of carboxylic acid groups (broad SMARTS) is 1. The normalized spacial score (nSPS) is 33.3. The zero-order valence-electron chi connectivity index (χ0n) is 19.5. The molecule has 1 saturated heterocycles. The lowest BCUT2D eigenvalue weighted by Crippen LogP contribution is -2.60. The SMILES string of the molecule is O=C(C=Cc1ccc(O)cc1)OC[C@@H]1O[C@@H](O[C@H]2OC=C(C(=O)O)[C@@H]3CC=C(CO)[C@@H]23)[C@H](O)[C@@H](O)[C@@H]1O. The highest BCUT2D eigenvalue weighted by Crippen LogP contribution is 2.44. The number of hydrogen-bond donors (Lipinski definition) is 6.